The van der Waals surface area contributed by atoms with Crippen LogP contribution in [0.3, 0.4) is 0 Å². The van der Waals surface area contributed by atoms with Gasteiger partial charge in [0.25, 0.3) is 5.91 Å². The number of para-hydroxylation sites is 1. The lowest BCUT2D eigenvalue weighted by atomic mass is 10.0. The first kappa shape index (κ1) is 19.3. The highest BCUT2D eigenvalue weighted by molar-refractivity contribution is 5.80. The Labute approximate surface area is 167 Å². The molecule has 2 atom stereocenters. The molecule has 2 aromatic heterocycles. The number of benzene rings is 1. The van der Waals surface area contributed by atoms with E-state index in [9.17, 15) is 9.18 Å². The number of carbonyl (C=O) groups excluding carboxylic acids is 1. The van der Waals surface area contributed by atoms with Crippen LogP contribution in [0.15, 0.2) is 36.7 Å². The number of aromatic nitrogens is 4. The van der Waals surface area contributed by atoms with E-state index in [4.69, 9.17) is 9.84 Å². The highest BCUT2D eigenvalue weighted by atomic mass is 19.1. The third kappa shape index (κ3) is 4.19. The number of rotatable bonds is 7. The summed E-state index contributed by atoms with van der Waals surface area (Å²) >= 11 is 0. The molecule has 8 nitrogen and oxygen atoms in total. The Kier molecular flexibility index (Phi) is 5.66. The Balaban J connectivity index is 1.38. The van der Waals surface area contributed by atoms with Crippen LogP contribution >= 0.6 is 0 Å². The first-order valence-corrected chi connectivity index (χ1v) is 9.70. The summed E-state index contributed by atoms with van der Waals surface area (Å²) in [6.07, 6.45) is 3.51. The van der Waals surface area contributed by atoms with Crippen molar-refractivity contribution >= 4 is 17.1 Å². The Morgan fingerprint density at radius 1 is 1.38 bits per heavy atom. The van der Waals surface area contributed by atoms with Gasteiger partial charge in [0.05, 0.1) is 12.2 Å². The minimum Gasteiger partial charge on any atom is -0.478 e. The first-order valence-electron chi connectivity index (χ1n) is 9.70. The molecule has 1 saturated heterocycles. The lowest BCUT2D eigenvalue weighted by Gasteiger charge is -2.15. The Hall–Kier alpha value is -3.07. The molecule has 152 valence electrons. The number of fused-ring (bicyclic) bond motifs is 1. The zero-order valence-corrected chi connectivity index (χ0v) is 16.1. The summed E-state index contributed by atoms with van der Waals surface area (Å²) in [5.41, 5.74) is 2.46. The number of carbonyl (C=O) groups is 1. The number of ether oxygens (including phenoxy) is 1. The van der Waals surface area contributed by atoms with Gasteiger partial charge in [0.1, 0.15) is 5.52 Å². The maximum Gasteiger partial charge on any atom is 0.260 e. The summed E-state index contributed by atoms with van der Waals surface area (Å²) in [6.45, 7) is 4.23. The van der Waals surface area contributed by atoms with E-state index >= 15 is 0 Å². The second-order valence-electron chi connectivity index (χ2n) is 7.01. The predicted octanol–water partition coefficient (Wildman–Crippen LogP) is 1.63. The molecule has 1 fully saturated rings. The molecule has 1 amide bonds. The summed E-state index contributed by atoms with van der Waals surface area (Å²) < 4.78 is 20.9. The molecule has 1 aromatic carbocycles. The minimum atomic E-state index is -0.818. The van der Waals surface area contributed by atoms with Gasteiger partial charge in [0.15, 0.2) is 23.3 Å². The molecule has 0 spiro atoms. The van der Waals surface area contributed by atoms with Crippen LogP contribution < -0.4 is 15.4 Å². The van der Waals surface area contributed by atoms with E-state index in [-0.39, 0.29) is 11.7 Å². The van der Waals surface area contributed by atoms with Crippen molar-refractivity contribution in [2.24, 2.45) is 0 Å². The van der Waals surface area contributed by atoms with Crippen LogP contribution in [-0.4, -0.2) is 51.4 Å². The third-order valence-electron chi connectivity index (χ3n) is 4.97. The molecule has 0 saturated carbocycles. The molecule has 0 aliphatic carbocycles. The smallest absolute Gasteiger partial charge is 0.260 e. The predicted molar refractivity (Wildman–Crippen MR) is 105 cm³/mol. The van der Waals surface area contributed by atoms with Gasteiger partial charge in [-0.2, -0.15) is 5.10 Å². The Morgan fingerprint density at radius 3 is 3.00 bits per heavy atom. The van der Waals surface area contributed by atoms with Crippen LogP contribution in [0.1, 0.15) is 25.0 Å². The number of amides is 1. The van der Waals surface area contributed by atoms with Crippen LogP contribution in [0.25, 0.3) is 11.2 Å². The number of hydrogen-bond donors (Lipinski definition) is 2. The topological polar surface area (TPSA) is 94.0 Å². The van der Waals surface area contributed by atoms with E-state index in [1.165, 1.54) is 12.1 Å². The van der Waals surface area contributed by atoms with E-state index in [0.717, 1.165) is 30.7 Å². The molecular weight excluding hydrogens is 375 g/mol. The van der Waals surface area contributed by atoms with Crippen molar-refractivity contribution in [2.75, 3.05) is 19.6 Å². The second-order valence-corrected chi connectivity index (χ2v) is 7.01. The van der Waals surface area contributed by atoms with Crippen molar-refractivity contribution in [3.05, 3.63) is 48.2 Å². The SMILES string of the molecule is C[C@@H](Oc1ccccc1F)C(=O)NCCn1nc([C@@H]2CCNC2)c2nccnc21. The fraction of sp³-hybridized carbons (Fsp3) is 0.400. The Bertz CT molecular complexity index is 1000. The van der Waals surface area contributed by atoms with Crippen molar-refractivity contribution < 1.29 is 13.9 Å². The number of nitrogens with zero attached hydrogens (tertiary/aromatic N) is 4. The van der Waals surface area contributed by atoms with Crippen molar-refractivity contribution in [3.63, 3.8) is 0 Å². The van der Waals surface area contributed by atoms with E-state index < -0.39 is 11.9 Å². The normalized spacial score (nSPS) is 17.4. The van der Waals surface area contributed by atoms with E-state index in [1.54, 1.807) is 36.1 Å². The molecule has 0 radical (unpaired) electrons. The van der Waals surface area contributed by atoms with Gasteiger partial charge in [-0.15, -0.1) is 0 Å². The molecule has 4 rings (SSSR count). The molecule has 0 bridgehead atoms. The zero-order chi connectivity index (χ0) is 20.2. The monoisotopic (exact) mass is 398 g/mol. The van der Waals surface area contributed by atoms with Gasteiger partial charge in [-0.3, -0.25) is 4.79 Å². The molecule has 9 heteroatoms. The van der Waals surface area contributed by atoms with Crippen LogP contribution in [0.2, 0.25) is 0 Å². The van der Waals surface area contributed by atoms with E-state index in [1.807, 2.05) is 0 Å². The van der Waals surface area contributed by atoms with Crippen molar-refractivity contribution in [1.29, 1.82) is 0 Å². The van der Waals surface area contributed by atoms with Crippen LogP contribution in [-0.2, 0) is 11.3 Å². The van der Waals surface area contributed by atoms with E-state index in [2.05, 4.69) is 20.6 Å². The summed E-state index contributed by atoms with van der Waals surface area (Å²) in [5.74, 6) is -0.448. The van der Waals surface area contributed by atoms with Gasteiger partial charge >= 0.3 is 0 Å². The maximum absolute atomic E-state index is 13.7. The second kappa shape index (κ2) is 8.52. The molecule has 2 N–H and O–H groups in total. The van der Waals surface area contributed by atoms with Crippen molar-refractivity contribution in [2.45, 2.75) is 31.9 Å². The van der Waals surface area contributed by atoms with Gasteiger partial charge in [-0.1, -0.05) is 12.1 Å². The quantitative estimate of drug-likeness (QED) is 0.628. The number of nitrogens with one attached hydrogen (secondary N) is 2. The summed E-state index contributed by atoms with van der Waals surface area (Å²) in [6, 6.07) is 6.01. The summed E-state index contributed by atoms with van der Waals surface area (Å²) in [4.78, 5) is 21.2. The van der Waals surface area contributed by atoms with Crippen LogP contribution in [0.5, 0.6) is 5.75 Å². The fourth-order valence-corrected chi connectivity index (χ4v) is 3.46. The van der Waals surface area contributed by atoms with Gasteiger partial charge in [-0.25, -0.2) is 19.0 Å². The lowest BCUT2D eigenvalue weighted by molar-refractivity contribution is -0.127. The van der Waals surface area contributed by atoms with Crippen molar-refractivity contribution in [3.8, 4) is 5.75 Å². The molecule has 1 aliphatic heterocycles. The molecule has 3 aromatic rings. The number of hydrogen-bond acceptors (Lipinski definition) is 6. The molecule has 3 heterocycles. The van der Waals surface area contributed by atoms with Crippen molar-refractivity contribution in [1.82, 2.24) is 30.4 Å². The number of halogens is 1. The molecule has 29 heavy (non-hydrogen) atoms. The largest absolute Gasteiger partial charge is 0.478 e. The highest BCUT2D eigenvalue weighted by Crippen LogP contribution is 2.26. The average Bonchev–Trinajstić information content (AvgIpc) is 3.38. The van der Waals surface area contributed by atoms with Crippen LogP contribution in [0, 0.1) is 5.82 Å². The van der Waals surface area contributed by atoms with Gasteiger partial charge < -0.3 is 15.4 Å². The minimum absolute atomic E-state index is 0.0540. The van der Waals surface area contributed by atoms with Gasteiger partial charge in [-0.05, 0) is 32.0 Å². The highest BCUT2D eigenvalue weighted by Gasteiger charge is 2.24. The molecule has 0 unspecified atom stereocenters. The summed E-state index contributed by atoms with van der Waals surface area (Å²) in [7, 11) is 0. The first-order chi connectivity index (χ1) is 14.1. The van der Waals surface area contributed by atoms with Gasteiger partial charge in [0, 0.05) is 31.4 Å². The Morgan fingerprint density at radius 2 is 2.21 bits per heavy atom. The molecule has 1 aliphatic rings. The molecular formula is C20H23FN6O2. The standard InChI is InChI=1S/C20H23FN6O2/c1-13(29-16-5-3-2-4-15(16)21)20(28)25-10-11-27-19-18(23-8-9-24-19)17(26-27)14-6-7-22-12-14/h2-5,8-9,13-14,22H,6-7,10-12H2,1H3,(H,25,28)/t13-,14-/m1/s1. The van der Waals surface area contributed by atoms with Crippen LogP contribution in [0.4, 0.5) is 4.39 Å². The lowest BCUT2D eigenvalue weighted by Crippen LogP contribution is -2.38. The van der Waals surface area contributed by atoms with E-state index in [0.29, 0.717) is 24.7 Å². The average molecular weight is 398 g/mol. The van der Waals surface area contributed by atoms with Gasteiger partial charge in [0.2, 0.25) is 0 Å². The third-order valence-corrected chi connectivity index (χ3v) is 4.97. The summed E-state index contributed by atoms with van der Waals surface area (Å²) in [5, 5.41) is 10.9. The maximum atomic E-state index is 13.7. The fourth-order valence-electron chi connectivity index (χ4n) is 3.46. The zero-order valence-electron chi connectivity index (χ0n) is 16.1.